The number of hydrogen-bond donors (Lipinski definition) is 2. The fourth-order valence-corrected chi connectivity index (χ4v) is 6.77. The molecule has 5 nitrogen and oxygen atoms in total. The van der Waals surface area contributed by atoms with Crippen molar-refractivity contribution in [2.45, 2.75) is 62.2 Å². The summed E-state index contributed by atoms with van der Waals surface area (Å²) in [5.74, 6) is -0.100. The molecule has 0 fully saturated rings. The fourth-order valence-electron chi connectivity index (χ4n) is 4.21. The largest absolute Gasteiger partial charge is 0.386 e. The molecule has 0 bridgehead atoms. The number of carbonyl (C=O) groups excluding carboxylic acids is 1. The van der Waals surface area contributed by atoms with Crippen molar-refractivity contribution in [3.63, 3.8) is 0 Å². The summed E-state index contributed by atoms with van der Waals surface area (Å²) in [6.45, 7) is 3.30. The summed E-state index contributed by atoms with van der Waals surface area (Å²) in [5, 5.41) is 14.7. The average molecular weight is 437 g/mol. The second-order valence-electron chi connectivity index (χ2n) is 8.35. The molecular formula is C21H25FN2O3S2. The Hall–Kier alpha value is -1.77. The van der Waals surface area contributed by atoms with E-state index >= 15 is 0 Å². The molecule has 2 N–H and O–H groups in total. The van der Waals surface area contributed by atoms with Crippen LogP contribution in [0.1, 0.15) is 54.5 Å². The van der Waals surface area contributed by atoms with Gasteiger partial charge in [-0.25, -0.2) is 13.4 Å². The van der Waals surface area contributed by atoms with Crippen LogP contribution in [0.2, 0.25) is 0 Å². The highest BCUT2D eigenvalue weighted by molar-refractivity contribution is 7.95. The summed E-state index contributed by atoms with van der Waals surface area (Å²) in [6, 6.07) is 0.961. The zero-order valence-electron chi connectivity index (χ0n) is 16.8. The SMILES string of the molecule is CC(C)(O)c1csc(S(C)(=O)=NC(=O)Nc2c3c(c(F)c4c2CCC4)CCC3)c1. The number of anilines is 1. The van der Waals surface area contributed by atoms with Crippen LogP contribution in [0.15, 0.2) is 20.0 Å². The van der Waals surface area contributed by atoms with E-state index in [9.17, 15) is 18.5 Å². The maximum absolute atomic E-state index is 14.8. The molecule has 2 amide bonds. The lowest BCUT2D eigenvalue weighted by Crippen LogP contribution is -2.15. The van der Waals surface area contributed by atoms with Crippen molar-refractivity contribution in [3.05, 3.63) is 45.1 Å². The van der Waals surface area contributed by atoms with E-state index in [1.165, 1.54) is 17.6 Å². The standard InChI is InChI=1S/C21H25FN2O3S2/c1-21(2,26)12-10-17(28-11-12)29(3,27)24-20(25)23-19-15-8-4-6-13(15)18(22)14-7-5-9-16(14)19/h10-11,26H,4-9H2,1-3H3,(H,23,25). The Kier molecular flexibility index (Phi) is 5.07. The minimum absolute atomic E-state index is 0.100. The van der Waals surface area contributed by atoms with E-state index in [1.807, 2.05) is 0 Å². The minimum atomic E-state index is -2.96. The van der Waals surface area contributed by atoms with Crippen molar-refractivity contribution < 1.29 is 18.5 Å². The number of amides is 2. The molecule has 1 unspecified atom stereocenters. The first-order valence-corrected chi connectivity index (χ1v) is 12.6. The summed E-state index contributed by atoms with van der Waals surface area (Å²) in [5.41, 5.74) is 3.43. The number of aliphatic hydroxyl groups is 1. The zero-order chi connectivity index (χ0) is 21.0. The smallest absolute Gasteiger partial charge is 0.353 e. The van der Waals surface area contributed by atoms with Gasteiger partial charge in [0.25, 0.3) is 0 Å². The van der Waals surface area contributed by atoms with Gasteiger partial charge in [-0.1, -0.05) is 0 Å². The highest BCUT2D eigenvalue weighted by Crippen LogP contribution is 2.41. The third-order valence-corrected chi connectivity index (χ3v) is 9.03. The van der Waals surface area contributed by atoms with Crippen LogP contribution in [0.4, 0.5) is 14.9 Å². The van der Waals surface area contributed by atoms with Crippen LogP contribution < -0.4 is 5.32 Å². The number of fused-ring (bicyclic) bond motifs is 2. The van der Waals surface area contributed by atoms with E-state index in [0.29, 0.717) is 39.4 Å². The molecular weight excluding hydrogens is 411 g/mol. The van der Waals surface area contributed by atoms with Gasteiger partial charge in [0, 0.05) is 11.9 Å². The van der Waals surface area contributed by atoms with Gasteiger partial charge >= 0.3 is 6.03 Å². The summed E-state index contributed by atoms with van der Waals surface area (Å²) >= 11 is 1.22. The molecule has 2 aliphatic carbocycles. The Bertz CT molecular complexity index is 1090. The molecule has 1 heterocycles. The molecule has 1 aromatic carbocycles. The van der Waals surface area contributed by atoms with E-state index < -0.39 is 21.4 Å². The van der Waals surface area contributed by atoms with E-state index in [4.69, 9.17) is 0 Å². The van der Waals surface area contributed by atoms with Gasteiger partial charge in [-0.15, -0.1) is 15.7 Å². The molecule has 156 valence electrons. The van der Waals surface area contributed by atoms with E-state index in [-0.39, 0.29) is 5.82 Å². The first-order valence-electron chi connectivity index (χ1n) is 9.77. The quantitative estimate of drug-likeness (QED) is 0.727. The summed E-state index contributed by atoms with van der Waals surface area (Å²) < 4.78 is 32.3. The number of halogens is 1. The van der Waals surface area contributed by atoms with Gasteiger partial charge < -0.3 is 10.4 Å². The summed E-state index contributed by atoms with van der Waals surface area (Å²) in [7, 11) is -2.96. The third kappa shape index (κ3) is 3.73. The molecule has 0 saturated carbocycles. The predicted molar refractivity (Wildman–Crippen MR) is 114 cm³/mol. The van der Waals surface area contributed by atoms with Gasteiger partial charge in [-0.05, 0) is 91.6 Å². The van der Waals surface area contributed by atoms with Crippen molar-refractivity contribution in [2.75, 3.05) is 11.6 Å². The molecule has 2 aromatic rings. The van der Waals surface area contributed by atoms with Crippen molar-refractivity contribution in [3.8, 4) is 0 Å². The molecule has 0 saturated heterocycles. The second-order valence-corrected chi connectivity index (χ2v) is 11.7. The van der Waals surface area contributed by atoms with Crippen LogP contribution in [0.3, 0.4) is 0 Å². The maximum atomic E-state index is 14.8. The van der Waals surface area contributed by atoms with Crippen LogP contribution >= 0.6 is 11.3 Å². The molecule has 0 radical (unpaired) electrons. The molecule has 8 heteroatoms. The second kappa shape index (κ2) is 7.18. The first-order chi connectivity index (χ1) is 13.6. The number of rotatable bonds is 3. The Labute approximate surface area is 174 Å². The molecule has 0 spiro atoms. The third-order valence-electron chi connectivity index (χ3n) is 5.71. The van der Waals surface area contributed by atoms with Gasteiger partial charge in [0.1, 0.15) is 10.0 Å². The van der Waals surface area contributed by atoms with E-state index in [1.54, 1.807) is 25.3 Å². The van der Waals surface area contributed by atoms with Gasteiger partial charge in [-0.2, -0.15) is 0 Å². The number of thiophene rings is 1. The molecule has 1 atom stereocenters. The number of nitrogens with one attached hydrogen (secondary N) is 1. The van der Waals surface area contributed by atoms with Crippen molar-refractivity contribution in [1.82, 2.24) is 0 Å². The highest BCUT2D eigenvalue weighted by Gasteiger charge is 2.30. The molecule has 4 rings (SSSR count). The van der Waals surface area contributed by atoms with Gasteiger partial charge in [0.05, 0.1) is 15.3 Å². The fraction of sp³-hybridized carbons (Fsp3) is 0.476. The van der Waals surface area contributed by atoms with Crippen molar-refractivity contribution >= 4 is 32.8 Å². The number of hydrogen-bond acceptors (Lipinski definition) is 4. The summed E-state index contributed by atoms with van der Waals surface area (Å²) in [4.78, 5) is 12.7. The Morgan fingerprint density at radius 2 is 1.72 bits per heavy atom. The number of urea groups is 1. The first kappa shape index (κ1) is 20.5. The normalized spacial score (nSPS) is 17.6. The van der Waals surface area contributed by atoms with Crippen LogP contribution in [-0.2, 0) is 41.0 Å². The van der Waals surface area contributed by atoms with Crippen LogP contribution in [-0.4, -0.2) is 21.6 Å². The van der Waals surface area contributed by atoms with E-state index in [0.717, 1.165) is 36.8 Å². The van der Waals surface area contributed by atoms with E-state index in [2.05, 4.69) is 9.68 Å². The van der Waals surface area contributed by atoms with Gasteiger partial charge in [0.2, 0.25) is 0 Å². The monoisotopic (exact) mass is 436 g/mol. The Morgan fingerprint density at radius 1 is 1.17 bits per heavy atom. The van der Waals surface area contributed by atoms with Gasteiger partial charge in [-0.3, -0.25) is 0 Å². The predicted octanol–water partition coefficient (Wildman–Crippen LogP) is 4.78. The number of nitrogens with zero attached hydrogens (tertiary/aromatic N) is 1. The lowest BCUT2D eigenvalue weighted by Gasteiger charge is -2.16. The van der Waals surface area contributed by atoms with Crippen molar-refractivity contribution in [1.29, 1.82) is 0 Å². The molecule has 29 heavy (non-hydrogen) atoms. The van der Waals surface area contributed by atoms with Crippen LogP contribution in [0.5, 0.6) is 0 Å². The maximum Gasteiger partial charge on any atom is 0.353 e. The Balaban J connectivity index is 1.67. The minimum Gasteiger partial charge on any atom is -0.386 e. The Morgan fingerprint density at radius 3 is 2.24 bits per heavy atom. The molecule has 0 aliphatic heterocycles. The zero-order valence-corrected chi connectivity index (χ0v) is 18.4. The lowest BCUT2D eigenvalue weighted by molar-refractivity contribution is 0.0789. The topological polar surface area (TPSA) is 78.8 Å². The van der Waals surface area contributed by atoms with Gasteiger partial charge in [0.15, 0.2) is 0 Å². The van der Waals surface area contributed by atoms with Crippen LogP contribution in [0, 0.1) is 5.82 Å². The molecule has 1 aromatic heterocycles. The lowest BCUT2D eigenvalue weighted by atomic mass is 9.98. The van der Waals surface area contributed by atoms with Crippen molar-refractivity contribution in [2.24, 2.45) is 4.36 Å². The molecule has 2 aliphatic rings. The highest BCUT2D eigenvalue weighted by atomic mass is 32.2. The average Bonchev–Trinajstić information content (AvgIpc) is 3.37. The summed E-state index contributed by atoms with van der Waals surface area (Å²) in [6.07, 6.45) is 6.00. The number of carbonyl (C=O) groups is 1. The number of benzene rings is 1. The van der Waals surface area contributed by atoms with Crippen LogP contribution in [0.25, 0.3) is 0 Å².